The maximum absolute atomic E-state index is 12.2. The van der Waals surface area contributed by atoms with Gasteiger partial charge in [-0.25, -0.2) is 15.0 Å². The number of carbonyl (C=O) groups excluding carboxylic acids is 1. The number of ether oxygens (including phenoxy) is 2. The number of nitrogens with one attached hydrogen (secondary N) is 2. The summed E-state index contributed by atoms with van der Waals surface area (Å²) in [4.78, 5) is 27.9. The van der Waals surface area contributed by atoms with Crippen molar-refractivity contribution in [2.24, 2.45) is 0 Å². The summed E-state index contributed by atoms with van der Waals surface area (Å²) in [6, 6.07) is 8.15. The van der Waals surface area contributed by atoms with Crippen LogP contribution >= 0.6 is 0 Å². The Kier molecular flexibility index (Phi) is 6.45. The minimum absolute atomic E-state index is 0.218. The van der Waals surface area contributed by atoms with Gasteiger partial charge in [-0.2, -0.15) is 0 Å². The Morgan fingerprint density at radius 2 is 1.76 bits per heavy atom. The van der Waals surface area contributed by atoms with Gasteiger partial charge in [-0.1, -0.05) is 0 Å². The van der Waals surface area contributed by atoms with Gasteiger partial charge in [-0.15, -0.1) is 13.2 Å². The van der Waals surface area contributed by atoms with E-state index < -0.39 is 12.3 Å². The molecule has 0 bridgehead atoms. The van der Waals surface area contributed by atoms with E-state index in [4.69, 9.17) is 4.74 Å². The van der Waals surface area contributed by atoms with E-state index in [1.54, 1.807) is 12.1 Å². The third-order valence-electron chi connectivity index (χ3n) is 4.80. The van der Waals surface area contributed by atoms with Gasteiger partial charge in [0.2, 0.25) is 5.95 Å². The van der Waals surface area contributed by atoms with Crippen LogP contribution in [0.5, 0.6) is 11.5 Å². The Bertz CT molecular complexity index is 1130. The quantitative estimate of drug-likeness (QED) is 0.577. The first kappa shape index (κ1) is 22.5. The number of piperazine rings is 1. The number of amides is 1. The molecular weight excluding hydrogens is 441 g/mol. The third-order valence-corrected chi connectivity index (χ3v) is 4.80. The van der Waals surface area contributed by atoms with Gasteiger partial charge in [-0.05, 0) is 43.3 Å². The molecule has 3 heterocycles. The summed E-state index contributed by atoms with van der Waals surface area (Å²) in [7, 11) is 0. The van der Waals surface area contributed by atoms with Crippen LogP contribution in [0.2, 0.25) is 0 Å². The lowest BCUT2D eigenvalue weighted by Gasteiger charge is -2.27. The number of hydrogen-bond donors (Lipinski definition) is 2. The lowest BCUT2D eigenvalue weighted by molar-refractivity contribution is -0.274. The largest absolute Gasteiger partial charge is 0.573 e. The number of hydrogen-bond acceptors (Lipinski definition) is 8. The molecule has 174 valence electrons. The molecule has 1 aromatic carbocycles. The highest BCUT2D eigenvalue weighted by molar-refractivity contribution is 5.92. The van der Waals surface area contributed by atoms with Crippen molar-refractivity contribution in [2.75, 3.05) is 43.0 Å². The standard InChI is InChI=1S/C21H21F3N6O3/c1-13-19-16(27-20(26-13)30-10-8-25-9-11-30)6-7-17(29-19)28-18(31)12-32-14-2-4-15(5-3-14)33-21(22,23)24/h2-7,25H,8-12H2,1H3,(H,28,29,31). The second-order valence-corrected chi connectivity index (χ2v) is 7.27. The summed E-state index contributed by atoms with van der Waals surface area (Å²) < 4.78 is 45.7. The fourth-order valence-corrected chi connectivity index (χ4v) is 3.29. The molecule has 1 aliphatic heterocycles. The zero-order valence-corrected chi connectivity index (χ0v) is 17.6. The van der Waals surface area contributed by atoms with Gasteiger partial charge in [0, 0.05) is 26.2 Å². The topological polar surface area (TPSA) is 102 Å². The first-order chi connectivity index (χ1) is 15.8. The molecule has 3 aromatic rings. The molecule has 9 nitrogen and oxygen atoms in total. The molecule has 0 saturated carbocycles. The lowest BCUT2D eigenvalue weighted by Crippen LogP contribution is -2.44. The van der Waals surface area contributed by atoms with Gasteiger partial charge < -0.3 is 25.0 Å². The molecule has 4 rings (SSSR count). The van der Waals surface area contributed by atoms with E-state index in [0.717, 1.165) is 38.3 Å². The van der Waals surface area contributed by atoms with Gasteiger partial charge in [0.1, 0.15) is 22.8 Å². The fourth-order valence-electron chi connectivity index (χ4n) is 3.29. The summed E-state index contributed by atoms with van der Waals surface area (Å²) in [5.41, 5.74) is 1.95. The average molecular weight is 462 g/mol. The Morgan fingerprint density at radius 1 is 1.06 bits per heavy atom. The summed E-state index contributed by atoms with van der Waals surface area (Å²) in [5.74, 6) is 0.327. The van der Waals surface area contributed by atoms with Crippen LogP contribution in [0.3, 0.4) is 0 Å². The molecule has 0 unspecified atom stereocenters. The summed E-state index contributed by atoms with van der Waals surface area (Å²) in [6.07, 6.45) is -4.77. The number of fused-ring (bicyclic) bond motifs is 1. The Hall–Kier alpha value is -3.67. The number of halogens is 3. The van der Waals surface area contributed by atoms with Crippen molar-refractivity contribution >= 4 is 28.7 Å². The average Bonchev–Trinajstić information content (AvgIpc) is 2.78. The molecule has 1 amide bonds. The molecule has 1 fully saturated rings. The first-order valence-corrected chi connectivity index (χ1v) is 10.2. The minimum Gasteiger partial charge on any atom is -0.484 e. The van der Waals surface area contributed by atoms with Crippen LogP contribution < -0.4 is 25.0 Å². The smallest absolute Gasteiger partial charge is 0.484 e. The van der Waals surface area contributed by atoms with E-state index in [0.29, 0.717) is 28.5 Å². The number of aromatic nitrogens is 3. The second-order valence-electron chi connectivity index (χ2n) is 7.27. The van der Waals surface area contributed by atoms with E-state index in [-0.39, 0.29) is 18.1 Å². The molecular formula is C21H21F3N6O3. The van der Waals surface area contributed by atoms with Crippen molar-refractivity contribution in [1.82, 2.24) is 20.3 Å². The van der Waals surface area contributed by atoms with Gasteiger partial charge in [-0.3, -0.25) is 4.79 Å². The summed E-state index contributed by atoms with van der Waals surface area (Å²) in [5, 5.41) is 5.92. The van der Waals surface area contributed by atoms with Crippen molar-refractivity contribution in [3.05, 3.63) is 42.1 Å². The van der Waals surface area contributed by atoms with E-state index in [1.807, 2.05) is 6.92 Å². The second kappa shape index (κ2) is 9.45. The van der Waals surface area contributed by atoms with Gasteiger partial charge in [0.05, 0.1) is 11.2 Å². The highest BCUT2D eigenvalue weighted by atomic mass is 19.4. The van der Waals surface area contributed by atoms with Crippen molar-refractivity contribution in [1.29, 1.82) is 0 Å². The van der Waals surface area contributed by atoms with Crippen LogP contribution in [0.15, 0.2) is 36.4 Å². The lowest BCUT2D eigenvalue weighted by atomic mass is 10.3. The number of rotatable bonds is 6. The number of carbonyl (C=O) groups is 1. The molecule has 0 aliphatic carbocycles. The Balaban J connectivity index is 1.37. The molecule has 0 spiro atoms. The number of alkyl halides is 3. The number of aryl methyl sites for hydroxylation is 1. The molecule has 1 saturated heterocycles. The van der Waals surface area contributed by atoms with Crippen LogP contribution in [0.4, 0.5) is 24.9 Å². The first-order valence-electron chi connectivity index (χ1n) is 10.2. The zero-order valence-electron chi connectivity index (χ0n) is 17.6. The number of nitrogens with zero attached hydrogens (tertiary/aromatic N) is 4. The molecule has 0 radical (unpaired) electrons. The van der Waals surface area contributed by atoms with Crippen molar-refractivity contribution in [2.45, 2.75) is 13.3 Å². The Labute approximate surface area is 186 Å². The minimum atomic E-state index is -4.77. The van der Waals surface area contributed by atoms with Gasteiger partial charge in [0.15, 0.2) is 6.61 Å². The molecule has 1 aliphatic rings. The van der Waals surface area contributed by atoms with Crippen LogP contribution in [-0.4, -0.2) is 60.0 Å². The van der Waals surface area contributed by atoms with Crippen molar-refractivity contribution in [3.63, 3.8) is 0 Å². The summed E-state index contributed by atoms with van der Waals surface area (Å²) >= 11 is 0. The van der Waals surface area contributed by atoms with Crippen molar-refractivity contribution in [3.8, 4) is 11.5 Å². The molecule has 2 N–H and O–H groups in total. The molecule has 2 aromatic heterocycles. The van der Waals surface area contributed by atoms with Crippen LogP contribution in [0.25, 0.3) is 11.0 Å². The van der Waals surface area contributed by atoms with Gasteiger partial charge in [0.25, 0.3) is 5.91 Å². The number of pyridine rings is 1. The van der Waals surface area contributed by atoms with E-state index in [2.05, 4.69) is 35.2 Å². The van der Waals surface area contributed by atoms with E-state index >= 15 is 0 Å². The molecule has 0 atom stereocenters. The normalized spacial score (nSPS) is 14.2. The number of benzene rings is 1. The molecule has 33 heavy (non-hydrogen) atoms. The highest BCUT2D eigenvalue weighted by Crippen LogP contribution is 2.25. The van der Waals surface area contributed by atoms with Crippen LogP contribution in [-0.2, 0) is 4.79 Å². The van der Waals surface area contributed by atoms with E-state index in [1.165, 1.54) is 12.1 Å². The predicted molar refractivity (Wildman–Crippen MR) is 114 cm³/mol. The maximum atomic E-state index is 12.2. The monoisotopic (exact) mass is 462 g/mol. The number of anilines is 2. The maximum Gasteiger partial charge on any atom is 0.573 e. The Morgan fingerprint density at radius 3 is 2.45 bits per heavy atom. The van der Waals surface area contributed by atoms with E-state index in [9.17, 15) is 18.0 Å². The fraction of sp³-hybridized carbons (Fsp3) is 0.333. The van der Waals surface area contributed by atoms with Crippen molar-refractivity contribution < 1.29 is 27.4 Å². The molecule has 12 heteroatoms. The predicted octanol–water partition coefficient (Wildman–Crippen LogP) is 2.66. The zero-order chi connectivity index (χ0) is 23.4. The van der Waals surface area contributed by atoms with Crippen LogP contribution in [0.1, 0.15) is 5.69 Å². The highest BCUT2D eigenvalue weighted by Gasteiger charge is 2.31. The SMILES string of the molecule is Cc1nc(N2CCNCC2)nc2ccc(NC(=O)COc3ccc(OC(F)(F)F)cc3)nc12. The summed E-state index contributed by atoms with van der Waals surface area (Å²) in [6.45, 7) is 4.88. The van der Waals surface area contributed by atoms with Gasteiger partial charge >= 0.3 is 6.36 Å². The van der Waals surface area contributed by atoms with Crippen LogP contribution in [0, 0.1) is 6.92 Å². The third kappa shape index (κ3) is 5.98.